The molecule has 1 atom stereocenters. The molecule has 0 radical (unpaired) electrons. The molecule has 2 aliphatic rings. The van der Waals surface area contributed by atoms with E-state index in [0.29, 0.717) is 12.1 Å². The quantitative estimate of drug-likeness (QED) is 0.742. The second kappa shape index (κ2) is 7.86. The van der Waals surface area contributed by atoms with Crippen LogP contribution < -0.4 is 5.32 Å². The number of benzene rings is 1. The number of carboxylic acid groups (broad SMARTS) is 1. The van der Waals surface area contributed by atoms with Gasteiger partial charge in [-0.3, -0.25) is 14.6 Å². The highest BCUT2D eigenvalue weighted by atomic mass is 32.2. The molecule has 1 aromatic carbocycles. The number of nitrogens with zero attached hydrogens (tertiary/aromatic N) is 1. The summed E-state index contributed by atoms with van der Waals surface area (Å²) < 4.78 is 5.54. The average Bonchev–Trinajstić information content (AvgIpc) is 3.34. The Morgan fingerprint density at radius 2 is 2.19 bits per heavy atom. The van der Waals surface area contributed by atoms with E-state index in [-0.39, 0.29) is 17.8 Å². The van der Waals surface area contributed by atoms with Crippen molar-refractivity contribution in [1.82, 2.24) is 10.3 Å². The summed E-state index contributed by atoms with van der Waals surface area (Å²) in [5.41, 5.74) is 3.53. The van der Waals surface area contributed by atoms with Gasteiger partial charge in [0, 0.05) is 34.7 Å². The van der Waals surface area contributed by atoms with Crippen molar-refractivity contribution in [3.8, 4) is 0 Å². The zero-order valence-electron chi connectivity index (χ0n) is 15.0. The molecular formula is C20H22N2O4S. The van der Waals surface area contributed by atoms with Crippen molar-refractivity contribution in [2.75, 3.05) is 18.9 Å². The summed E-state index contributed by atoms with van der Waals surface area (Å²) in [6.45, 7) is 1.29. The van der Waals surface area contributed by atoms with E-state index in [1.165, 1.54) is 17.3 Å². The molecule has 0 spiro atoms. The second-order valence-electron chi connectivity index (χ2n) is 6.98. The molecule has 4 rings (SSSR count). The Balaban J connectivity index is 1.60. The number of ether oxygens (including phenoxy) is 1. The third-order valence-electron chi connectivity index (χ3n) is 5.08. The topological polar surface area (TPSA) is 88.5 Å². The lowest BCUT2D eigenvalue weighted by Gasteiger charge is -2.13. The van der Waals surface area contributed by atoms with Crippen LogP contribution in [-0.4, -0.2) is 47.0 Å². The lowest BCUT2D eigenvalue weighted by Crippen LogP contribution is -2.31. The summed E-state index contributed by atoms with van der Waals surface area (Å²) in [7, 11) is 0. The summed E-state index contributed by atoms with van der Waals surface area (Å²) in [6.07, 6.45) is 5.01. The molecule has 1 aliphatic heterocycles. The van der Waals surface area contributed by atoms with Crippen molar-refractivity contribution in [3.63, 3.8) is 0 Å². The van der Waals surface area contributed by atoms with E-state index in [0.717, 1.165) is 60.2 Å². The van der Waals surface area contributed by atoms with Crippen molar-refractivity contribution in [2.24, 2.45) is 0 Å². The van der Waals surface area contributed by atoms with Crippen molar-refractivity contribution in [3.05, 3.63) is 35.0 Å². The number of hydrogen-bond acceptors (Lipinski definition) is 5. The Labute approximate surface area is 161 Å². The van der Waals surface area contributed by atoms with E-state index in [9.17, 15) is 9.59 Å². The molecule has 1 saturated heterocycles. The minimum absolute atomic E-state index is 0.0230. The number of aliphatic carboxylic acids is 1. The first-order valence-electron chi connectivity index (χ1n) is 9.31. The third-order valence-corrected chi connectivity index (χ3v) is 6.22. The van der Waals surface area contributed by atoms with E-state index in [1.807, 2.05) is 12.1 Å². The van der Waals surface area contributed by atoms with Crippen LogP contribution in [0.3, 0.4) is 0 Å². The Morgan fingerprint density at radius 3 is 2.96 bits per heavy atom. The predicted molar refractivity (Wildman–Crippen MR) is 103 cm³/mol. The number of carboxylic acids is 1. The van der Waals surface area contributed by atoms with Crippen LogP contribution in [0.15, 0.2) is 23.1 Å². The van der Waals surface area contributed by atoms with E-state index < -0.39 is 5.97 Å². The number of aryl methyl sites for hydroxylation is 1. The molecule has 1 amide bonds. The van der Waals surface area contributed by atoms with Crippen molar-refractivity contribution < 1.29 is 19.4 Å². The largest absolute Gasteiger partial charge is 0.481 e. The Kier molecular flexibility index (Phi) is 5.31. The van der Waals surface area contributed by atoms with Crippen LogP contribution in [0.1, 0.15) is 40.9 Å². The van der Waals surface area contributed by atoms with Gasteiger partial charge >= 0.3 is 5.97 Å². The number of hydrogen-bond donors (Lipinski definition) is 2. The van der Waals surface area contributed by atoms with Crippen LogP contribution in [0.2, 0.25) is 0 Å². The van der Waals surface area contributed by atoms with Crippen LogP contribution in [0.5, 0.6) is 0 Å². The summed E-state index contributed by atoms with van der Waals surface area (Å²) in [4.78, 5) is 29.3. The van der Waals surface area contributed by atoms with E-state index in [1.54, 1.807) is 6.07 Å². The van der Waals surface area contributed by atoms with Crippen LogP contribution in [-0.2, 0) is 22.4 Å². The molecule has 2 aromatic rings. The van der Waals surface area contributed by atoms with Crippen molar-refractivity contribution in [2.45, 2.75) is 43.1 Å². The molecule has 1 aromatic heterocycles. The second-order valence-corrected chi connectivity index (χ2v) is 7.96. The van der Waals surface area contributed by atoms with Gasteiger partial charge in [0.15, 0.2) is 0 Å². The number of carbonyl (C=O) groups excluding carboxylic acids is 1. The highest BCUT2D eigenvalue weighted by Crippen LogP contribution is 2.36. The number of carbonyl (C=O) groups is 2. The number of thioether (sulfide) groups is 1. The fraction of sp³-hybridized carbons (Fsp3) is 0.450. The molecule has 27 heavy (non-hydrogen) atoms. The molecule has 0 saturated carbocycles. The zero-order valence-corrected chi connectivity index (χ0v) is 15.8. The summed E-state index contributed by atoms with van der Waals surface area (Å²) >= 11 is 1.35. The minimum atomic E-state index is -0.832. The monoisotopic (exact) mass is 386 g/mol. The van der Waals surface area contributed by atoms with Gasteiger partial charge < -0.3 is 15.2 Å². The maximum atomic E-state index is 12.5. The normalized spacial score (nSPS) is 18.6. The maximum absolute atomic E-state index is 12.5. The van der Waals surface area contributed by atoms with Gasteiger partial charge in [0.1, 0.15) is 0 Å². The summed E-state index contributed by atoms with van der Waals surface area (Å²) in [6, 6.07) is 5.50. The molecule has 0 bridgehead atoms. The van der Waals surface area contributed by atoms with E-state index in [2.05, 4.69) is 5.32 Å². The number of pyridine rings is 1. The molecule has 1 aliphatic carbocycles. The zero-order chi connectivity index (χ0) is 18.8. The first-order chi connectivity index (χ1) is 13.1. The standard InChI is InChI=1S/C20H22N2O4S/c23-18(24)11-27-19-14-4-1-5-16(14)22-17-9-12(6-7-15(17)19)20(25)21-10-13-3-2-8-26-13/h6-7,9,13H,1-5,8,10-11H2,(H,21,25)(H,23,24). The SMILES string of the molecule is O=C(O)CSc1c2c(nc3cc(C(=O)NCC4CCCO4)ccc13)CCC2. The molecule has 2 N–H and O–H groups in total. The Morgan fingerprint density at radius 1 is 1.30 bits per heavy atom. The highest BCUT2D eigenvalue weighted by Gasteiger charge is 2.22. The number of nitrogens with one attached hydrogen (secondary N) is 1. The van der Waals surface area contributed by atoms with Gasteiger partial charge in [0.2, 0.25) is 0 Å². The number of aromatic nitrogens is 1. The molecule has 2 heterocycles. The van der Waals surface area contributed by atoms with Gasteiger partial charge in [-0.25, -0.2) is 0 Å². The van der Waals surface area contributed by atoms with Crippen molar-refractivity contribution in [1.29, 1.82) is 0 Å². The molecular weight excluding hydrogens is 364 g/mol. The fourth-order valence-electron chi connectivity index (χ4n) is 3.77. The molecule has 1 fully saturated rings. The lowest BCUT2D eigenvalue weighted by atomic mass is 10.1. The Bertz CT molecular complexity index is 893. The van der Waals surface area contributed by atoms with Crippen LogP contribution in [0.4, 0.5) is 0 Å². The van der Waals surface area contributed by atoms with Gasteiger partial charge in [-0.15, -0.1) is 11.8 Å². The highest BCUT2D eigenvalue weighted by molar-refractivity contribution is 8.00. The Hall–Kier alpha value is -2.12. The number of rotatable bonds is 6. The van der Waals surface area contributed by atoms with Gasteiger partial charge in [-0.05, 0) is 49.8 Å². The minimum Gasteiger partial charge on any atom is -0.481 e. The van der Waals surface area contributed by atoms with Crippen molar-refractivity contribution >= 4 is 34.5 Å². The predicted octanol–water partition coefficient (Wildman–Crippen LogP) is 2.81. The van der Waals surface area contributed by atoms with Gasteiger partial charge in [-0.1, -0.05) is 6.07 Å². The van der Waals surface area contributed by atoms with Crippen LogP contribution in [0.25, 0.3) is 10.9 Å². The molecule has 6 nitrogen and oxygen atoms in total. The third kappa shape index (κ3) is 3.94. The summed E-state index contributed by atoms with van der Waals surface area (Å²) in [5.74, 6) is -0.939. The molecule has 142 valence electrons. The first kappa shape index (κ1) is 18.3. The van der Waals surface area contributed by atoms with Gasteiger partial charge in [-0.2, -0.15) is 0 Å². The fourth-order valence-corrected chi connectivity index (χ4v) is 4.76. The first-order valence-corrected chi connectivity index (χ1v) is 10.3. The number of amides is 1. The molecule has 1 unspecified atom stereocenters. The van der Waals surface area contributed by atoms with Crippen LogP contribution >= 0.6 is 11.8 Å². The number of fused-ring (bicyclic) bond motifs is 2. The lowest BCUT2D eigenvalue weighted by molar-refractivity contribution is -0.133. The van der Waals surface area contributed by atoms with E-state index in [4.69, 9.17) is 14.8 Å². The van der Waals surface area contributed by atoms with Gasteiger partial charge in [0.25, 0.3) is 5.91 Å². The van der Waals surface area contributed by atoms with E-state index >= 15 is 0 Å². The maximum Gasteiger partial charge on any atom is 0.313 e. The van der Waals surface area contributed by atoms with Gasteiger partial charge in [0.05, 0.1) is 17.4 Å². The molecule has 7 heteroatoms. The smallest absolute Gasteiger partial charge is 0.313 e. The van der Waals surface area contributed by atoms with Crippen LogP contribution in [0, 0.1) is 0 Å². The summed E-state index contributed by atoms with van der Waals surface area (Å²) in [5, 5.41) is 12.9. The average molecular weight is 386 g/mol.